The van der Waals surface area contributed by atoms with Crippen LogP contribution in [-0.4, -0.2) is 14.8 Å². The number of nitrogens with zero attached hydrogens (tertiary/aromatic N) is 3. The summed E-state index contributed by atoms with van der Waals surface area (Å²) in [5.74, 6) is 0. The molecule has 96 valence electrons. The molecule has 0 aromatic carbocycles. The van der Waals surface area contributed by atoms with E-state index >= 15 is 0 Å². The van der Waals surface area contributed by atoms with Crippen molar-refractivity contribution in [2.75, 3.05) is 0 Å². The second-order valence-corrected chi connectivity index (χ2v) is 4.64. The monoisotopic (exact) mass is 244 g/mol. The lowest BCUT2D eigenvalue weighted by atomic mass is 10.0. The van der Waals surface area contributed by atoms with E-state index in [1.54, 1.807) is 0 Å². The number of aromatic nitrogens is 3. The summed E-state index contributed by atoms with van der Waals surface area (Å²) in [5.41, 5.74) is 10.5. The fourth-order valence-corrected chi connectivity index (χ4v) is 2.22. The molecule has 0 amide bonds. The van der Waals surface area contributed by atoms with E-state index in [1.807, 2.05) is 42.9 Å². The third-order valence-corrected chi connectivity index (χ3v) is 2.97. The van der Waals surface area contributed by atoms with E-state index in [1.165, 1.54) is 0 Å². The highest BCUT2D eigenvalue weighted by molar-refractivity contribution is 5.29. The molecule has 0 radical (unpaired) electrons. The average Bonchev–Trinajstić information content (AvgIpc) is 2.75. The van der Waals surface area contributed by atoms with Gasteiger partial charge in [-0.25, -0.2) is 0 Å². The van der Waals surface area contributed by atoms with Gasteiger partial charge in [-0.05, 0) is 44.0 Å². The summed E-state index contributed by atoms with van der Waals surface area (Å²) in [6, 6.07) is 5.94. The van der Waals surface area contributed by atoms with Crippen molar-refractivity contribution in [3.8, 4) is 0 Å². The first-order chi connectivity index (χ1) is 8.61. The molecular formula is C14H20N4. The van der Waals surface area contributed by atoms with E-state index in [-0.39, 0.29) is 6.04 Å². The number of hydrogen-bond donors (Lipinski definition) is 1. The lowest BCUT2D eigenvalue weighted by molar-refractivity contribution is 0.559. The maximum Gasteiger partial charge on any atom is 0.0724 e. The standard InChI is InChI=1S/C14H20N4/c1-4-7-18-13(5-6-16-18)14(15)12-8-10(2)17-11(3)9-12/h5-6,8-9,14H,4,7,15H2,1-3H3. The molecule has 0 saturated heterocycles. The normalized spacial score (nSPS) is 12.7. The van der Waals surface area contributed by atoms with Gasteiger partial charge in [-0.1, -0.05) is 6.92 Å². The van der Waals surface area contributed by atoms with Gasteiger partial charge in [0.05, 0.1) is 11.7 Å². The van der Waals surface area contributed by atoms with Gasteiger partial charge in [-0.15, -0.1) is 0 Å². The van der Waals surface area contributed by atoms with Crippen LogP contribution in [0.15, 0.2) is 24.4 Å². The van der Waals surface area contributed by atoms with E-state index in [0.29, 0.717) is 0 Å². The molecule has 0 saturated carbocycles. The van der Waals surface area contributed by atoms with Gasteiger partial charge in [0.2, 0.25) is 0 Å². The zero-order chi connectivity index (χ0) is 13.1. The van der Waals surface area contributed by atoms with Gasteiger partial charge in [0.25, 0.3) is 0 Å². The first-order valence-corrected chi connectivity index (χ1v) is 6.34. The summed E-state index contributed by atoms with van der Waals surface area (Å²) >= 11 is 0. The van der Waals surface area contributed by atoms with Crippen molar-refractivity contribution < 1.29 is 0 Å². The Hall–Kier alpha value is -1.68. The van der Waals surface area contributed by atoms with Crippen molar-refractivity contribution in [3.05, 3.63) is 47.0 Å². The van der Waals surface area contributed by atoms with Crippen LogP contribution in [0.4, 0.5) is 0 Å². The number of rotatable bonds is 4. The van der Waals surface area contributed by atoms with Crippen LogP contribution in [0.3, 0.4) is 0 Å². The minimum Gasteiger partial charge on any atom is -0.319 e. The first-order valence-electron chi connectivity index (χ1n) is 6.34. The molecule has 2 aromatic heterocycles. The minimum absolute atomic E-state index is 0.139. The van der Waals surface area contributed by atoms with Crippen LogP contribution in [0, 0.1) is 13.8 Å². The quantitative estimate of drug-likeness (QED) is 0.898. The van der Waals surface area contributed by atoms with Crippen LogP contribution in [0.2, 0.25) is 0 Å². The van der Waals surface area contributed by atoms with E-state index in [0.717, 1.165) is 35.6 Å². The summed E-state index contributed by atoms with van der Waals surface area (Å²) < 4.78 is 1.98. The number of pyridine rings is 1. The van der Waals surface area contributed by atoms with Crippen molar-refractivity contribution in [1.29, 1.82) is 0 Å². The molecule has 0 spiro atoms. The van der Waals surface area contributed by atoms with Gasteiger partial charge in [0, 0.05) is 24.1 Å². The largest absolute Gasteiger partial charge is 0.319 e. The number of aryl methyl sites for hydroxylation is 3. The Morgan fingerprint density at radius 1 is 1.28 bits per heavy atom. The van der Waals surface area contributed by atoms with Crippen LogP contribution in [0.25, 0.3) is 0 Å². The lowest BCUT2D eigenvalue weighted by Gasteiger charge is -2.15. The molecule has 4 heteroatoms. The molecule has 2 rings (SSSR count). The van der Waals surface area contributed by atoms with Gasteiger partial charge in [0.15, 0.2) is 0 Å². The minimum atomic E-state index is -0.139. The molecule has 1 atom stereocenters. The van der Waals surface area contributed by atoms with Crippen LogP contribution < -0.4 is 5.73 Å². The molecule has 18 heavy (non-hydrogen) atoms. The van der Waals surface area contributed by atoms with Crippen molar-refractivity contribution in [2.45, 2.75) is 39.8 Å². The zero-order valence-electron chi connectivity index (χ0n) is 11.2. The molecule has 1 unspecified atom stereocenters. The van der Waals surface area contributed by atoms with Crippen molar-refractivity contribution in [1.82, 2.24) is 14.8 Å². The highest BCUT2D eigenvalue weighted by atomic mass is 15.3. The van der Waals surface area contributed by atoms with Gasteiger partial charge in [-0.3, -0.25) is 9.67 Å². The Bertz CT molecular complexity index is 510. The Morgan fingerprint density at radius 3 is 2.56 bits per heavy atom. The summed E-state index contributed by atoms with van der Waals surface area (Å²) in [7, 11) is 0. The first kappa shape index (κ1) is 12.8. The second kappa shape index (κ2) is 5.31. The predicted molar refractivity (Wildman–Crippen MR) is 72.3 cm³/mol. The maximum absolute atomic E-state index is 6.34. The van der Waals surface area contributed by atoms with E-state index in [2.05, 4.69) is 17.0 Å². The van der Waals surface area contributed by atoms with Crippen molar-refractivity contribution in [3.63, 3.8) is 0 Å². The zero-order valence-corrected chi connectivity index (χ0v) is 11.2. The summed E-state index contributed by atoms with van der Waals surface area (Å²) in [5, 5.41) is 4.32. The molecule has 0 aliphatic carbocycles. The van der Waals surface area contributed by atoms with E-state index in [4.69, 9.17) is 5.73 Å². The van der Waals surface area contributed by atoms with Gasteiger partial charge < -0.3 is 5.73 Å². The fraction of sp³-hybridized carbons (Fsp3) is 0.429. The molecule has 0 aliphatic rings. The Balaban J connectivity index is 2.34. The highest BCUT2D eigenvalue weighted by Crippen LogP contribution is 2.20. The van der Waals surface area contributed by atoms with Gasteiger partial charge >= 0.3 is 0 Å². The second-order valence-electron chi connectivity index (χ2n) is 4.64. The summed E-state index contributed by atoms with van der Waals surface area (Å²) in [6.45, 7) is 7.02. The topological polar surface area (TPSA) is 56.7 Å². The molecule has 0 fully saturated rings. The van der Waals surface area contributed by atoms with Crippen molar-refractivity contribution in [2.24, 2.45) is 5.73 Å². The Morgan fingerprint density at radius 2 is 1.94 bits per heavy atom. The summed E-state index contributed by atoms with van der Waals surface area (Å²) in [6.07, 6.45) is 2.86. The van der Waals surface area contributed by atoms with Crippen LogP contribution in [-0.2, 0) is 6.54 Å². The molecular weight excluding hydrogens is 224 g/mol. The Kier molecular flexibility index (Phi) is 3.77. The SMILES string of the molecule is CCCn1nccc1C(N)c1cc(C)nc(C)c1. The molecule has 0 bridgehead atoms. The number of hydrogen-bond acceptors (Lipinski definition) is 3. The maximum atomic E-state index is 6.34. The third kappa shape index (κ3) is 2.59. The molecule has 4 nitrogen and oxygen atoms in total. The fourth-order valence-electron chi connectivity index (χ4n) is 2.22. The van der Waals surface area contributed by atoms with Gasteiger partial charge in [0.1, 0.15) is 0 Å². The molecule has 2 heterocycles. The smallest absolute Gasteiger partial charge is 0.0724 e. The lowest BCUT2D eigenvalue weighted by Crippen LogP contribution is -2.18. The average molecular weight is 244 g/mol. The van der Waals surface area contributed by atoms with Crippen LogP contribution in [0.5, 0.6) is 0 Å². The van der Waals surface area contributed by atoms with E-state index < -0.39 is 0 Å². The Labute approximate surface area is 108 Å². The van der Waals surface area contributed by atoms with Crippen molar-refractivity contribution >= 4 is 0 Å². The third-order valence-electron chi connectivity index (χ3n) is 2.97. The van der Waals surface area contributed by atoms with E-state index in [9.17, 15) is 0 Å². The predicted octanol–water partition coefficient (Wildman–Crippen LogP) is 2.35. The highest BCUT2D eigenvalue weighted by Gasteiger charge is 2.14. The summed E-state index contributed by atoms with van der Waals surface area (Å²) in [4.78, 5) is 4.38. The van der Waals surface area contributed by atoms with Crippen LogP contribution in [0.1, 0.15) is 42.0 Å². The van der Waals surface area contributed by atoms with Gasteiger partial charge in [-0.2, -0.15) is 5.10 Å². The molecule has 0 aliphatic heterocycles. The van der Waals surface area contributed by atoms with Crippen LogP contribution >= 0.6 is 0 Å². The molecule has 2 aromatic rings. The molecule has 2 N–H and O–H groups in total. The number of nitrogens with two attached hydrogens (primary N) is 1.